The average Bonchev–Trinajstić information content (AvgIpc) is 2.42. The molecule has 0 bridgehead atoms. The summed E-state index contributed by atoms with van der Waals surface area (Å²) in [6, 6.07) is 5.09. The van der Waals surface area contributed by atoms with Crippen LogP contribution in [0.2, 0.25) is 0 Å². The Morgan fingerprint density at radius 1 is 1.08 bits per heavy atom. The van der Waals surface area contributed by atoms with Crippen LogP contribution in [0.25, 0.3) is 0 Å². The Hall–Kier alpha value is -2.41. The number of imide groups is 1. The number of amides is 4. The van der Waals surface area contributed by atoms with Crippen molar-refractivity contribution in [2.24, 2.45) is 0 Å². The van der Waals surface area contributed by atoms with Crippen LogP contribution >= 0.6 is 0 Å². The lowest BCUT2D eigenvalue weighted by Gasteiger charge is -2.17. The number of rotatable bonds is 6. The number of carbonyl (C=O) groups is 3. The highest BCUT2D eigenvalue weighted by Crippen LogP contribution is 2.17. The smallest absolute Gasteiger partial charge is 0.321 e. The molecule has 1 aromatic rings. The van der Waals surface area contributed by atoms with Crippen LogP contribution in [0, 0.1) is 13.8 Å². The lowest BCUT2D eigenvalue weighted by atomic mass is 10.1. The van der Waals surface area contributed by atoms with Crippen molar-refractivity contribution >= 4 is 23.5 Å². The van der Waals surface area contributed by atoms with Gasteiger partial charge in [-0.15, -0.1) is 0 Å². The highest BCUT2D eigenvalue weighted by molar-refractivity contribution is 5.96. The first-order valence-electron chi connectivity index (χ1n) is 7.84. The van der Waals surface area contributed by atoms with Gasteiger partial charge in [0.25, 0.3) is 0 Å². The Balaban J connectivity index is 2.45. The van der Waals surface area contributed by atoms with Gasteiger partial charge in [-0.05, 0) is 51.9 Å². The summed E-state index contributed by atoms with van der Waals surface area (Å²) in [5.74, 6) is -0.680. The molecule has 0 fully saturated rings. The van der Waals surface area contributed by atoms with Crippen LogP contribution in [-0.4, -0.2) is 48.9 Å². The molecule has 0 aliphatic carbocycles. The van der Waals surface area contributed by atoms with Crippen LogP contribution < -0.4 is 16.0 Å². The van der Waals surface area contributed by atoms with E-state index < -0.39 is 11.9 Å². The largest absolute Gasteiger partial charge is 0.336 e. The number of aryl methyl sites for hydroxylation is 1. The van der Waals surface area contributed by atoms with E-state index in [1.54, 1.807) is 25.8 Å². The van der Waals surface area contributed by atoms with E-state index in [1.165, 1.54) is 0 Å². The summed E-state index contributed by atoms with van der Waals surface area (Å²) >= 11 is 0. The van der Waals surface area contributed by atoms with Gasteiger partial charge in [-0.2, -0.15) is 0 Å². The lowest BCUT2D eigenvalue weighted by Crippen LogP contribution is -2.46. The van der Waals surface area contributed by atoms with Gasteiger partial charge in [0, 0.05) is 11.7 Å². The number of likely N-dealkylation sites (N-methyl/N-ethyl adjacent to an activating group) is 1. The van der Waals surface area contributed by atoms with Crippen LogP contribution in [0.1, 0.15) is 25.0 Å². The zero-order chi connectivity index (χ0) is 18.3. The summed E-state index contributed by atoms with van der Waals surface area (Å²) in [5, 5.41) is 7.61. The van der Waals surface area contributed by atoms with Gasteiger partial charge in [0.2, 0.25) is 11.8 Å². The van der Waals surface area contributed by atoms with Gasteiger partial charge in [0.15, 0.2) is 0 Å². The highest BCUT2D eigenvalue weighted by Gasteiger charge is 2.14. The number of hydrogen-bond donors (Lipinski definition) is 3. The number of urea groups is 1. The second-order valence-electron chi connectivity index (χ2n) is 6.14. The van der Waals surface area contributed by atoms with Crippen molar-refractivity contribution in [1.29, 1.82) is 0 Å². The molecule has 24 heavy (non-hydrogen) atoms. The van der Waals surface area contributed by atoms with Crippen LogP contribution in [0.15, 0.2) is 18.2 Å². The molecule has 0 atom stereocenters. The molecule has 0 unspecified atom stereocenters. The van der Waals surface area contributed by atoms with Gasteiger partial charge in [0.1, 0.15) is 0 Å². The van der Waals surface area contributed by atoms with E-state index >= 15 is 0 Å². The maximum absolute atomic E-state index is 12.1. The van der Waals surface area contributed by atoms with Gasteiger partial charge in [-0.1, -0.05) is 12.1 Å². The van der Waals surface area contributed by atoms with Crippen LogP contribution in [0.5, 0.6) is 0 Å². The number of anilines is 1. The number of hydrogen-bond acceptors (Lipinski definition) is 4. The van der Waals surface area contributed by atoms with Crippen LogP contribution in [0.4, 0.5) is 10.5 Å². The summed E-state index contributed by atoms with van der Waals surface area (Å²) in [6.45, 7) is 7.51. The summed E-state index contributed by atoms with van der Waals surface area (Å²) < 4.78 is 0. The molecule has 0 aromatic heterocycles. The maximum atomic E-state index is 12.1. The van der Waals surface area contributed by atoms with Gasteiger partial charge in [0.05, 0.1) is 13.1 Å². The normalized spacial score (nSPS) is 10.6. The molecule has 0 saturated carbocycles. The zero-order valence-corrected chi connectivity index (χ0v) is 14.9. The van der Waals surface area contributed by atoms with Crippen molar-refractivity contribution in [2.45, 2.75) is 33.7 Å². The van der Waals surface area contributed by atoms with E-state index in [-0.39, 0.29) is 25.0 Å². The number of carbonyl (C=O) groups excluding carboxylic acids is 3. The molecule has 0 saturated heterocycles. The fraction of sp³-hybridized carbons (Fsp3) is 0.471. The van der Waals surface area contributed by atoms with Crippen molar-refractivity contribution in [1.82, 2.24) is 15.5 Å². The van der Waals surface area contributed by atoms with Crippen LogP contribution in [0.3, 0.4) is 0 Å². The van der Waals surface area contributed by atoms with Crippen molar-refractivity contribution in [3.8, 4) is 0 Å². The summed E-state index contributed by atoms with van der Waals surface area (Å²) in [6.07, 6.45) is 0. The Bertz CT molecular complexity index is 614. The Morgan fingerprint density at radius 3 is 2.33 bits per heavy atom. The van der Waals surface area contributed by atoms with E-state index in [1.807, 2.05) is 32.0 Å². The molecule has 4 amide bonds. The van der Waals surface area contributed by atoms with E-state index in [4.69, 9.17) is 0 Å². The molecular weight excluding hydrogens is 308 g/mol. The topological polar surface area (TPSA) is 90.5 Å². The fourth-order valence-electron chi connectivity index (χ4n) is 2.09. The van der Waals surface area contributed by atoms with E-state index in [9.17, 15) is 14.4 Å². The molecule has 0 aliphatic heterocycles. The SMILES string of the molecule is Cc1cccc(NC(=O)CN(C)CC(=O)NC(=O)NC(C)C)c1C. The molecule has 0 radical (unpaired) electrons. The number of nitrogens with zero attached hydrogens (tertiary/aromatic N) is 1. The summed E-state index contributed by atoms with van der Waals surface area (Å²) in [7, 11) is 1.64. The van der Waals surface area contributed by atoms with Gasteiger partial charge < -0.3 is 10.6 Å². The fourth-order valence-corrected chi connectivity index (χ4v) is 2.09. The number of nitrogens with one attached hydrogen (secondary N) is 3. The Labute approximate surface area is 142 Å². The number of benzene rings is 1. The first-order valence-corrected chi connectivity index (χ1v) is 7.84. The molecule has 1 aromatic carbocycles. The second-order valence-corrected chi connectivity index (χ2v) is 6.14. The minimum atomic E-state index is -0.539. The van der Waals surface area contributed by atoms with Crippen molar-refractivity contribution in [3.05, 3.63) is 29.3 Å². The Kier molecular flexibility index (Phi) is 7.38. The summed E-state index contributed by atoms with van der Waals surface area (Å²) in [4.78, 5) is 36.8. The summed E-state index contributed by atoms with van der Waals surface area (Å²) in [5.41, 5.74) is 2.86. The van der Waals surface area contributed by atoms with Crippen LogP contribution in [-0.2, 0) is 9.59 Å². The molecule has 7 nitrogen and oxygen atoms in total. The van der Waals surface area contributed by atoms with Gasteiger partial charge in [-0.3, -0.25) is 19.8 Å². The minimum Gasteiger partial charge on any atom is -0.336 e. The first kappa shape index (κ1) is 19.6. The molecule has 1 rings (SSSR count). The maximum Gasteiger partial charge on any atom is 0.321 e. The van der Waals surface area contributed by atoms with E-state index in [0.717, 1.165) is 16.8 Å². The van der Waals surface area contributed by atoms with Gasteiger partial charge in [-0.25, -0.2) is 4.79 Å². The monoisotopic (exact) mass is 334 g/mol. The first-order chi connectivity index (χ1) is 11.2. The lowest BCUT2D eigenvalue weighted by molar-refractivity contribution is -0.122. The van der Waals surface area contributed by atoms with Crippen molar-refractivity contribution in [2.75, 3.05) is 25.5 Å². The molecule has 7 heteroatoms. The predicted molar refractivity (Wildman–Crippen MR) is 93.9 cm³/mol. The third kappa shape index (κ3) is 6.78. The van der Waals surface area contributed by atoms with Crippen molar-refractivity contribution < 1.29 is 14.4 Å². The van der Waals surface area contributed by atoms with Gasteiger partial charge >= 0.3 is 6.03 Å². The zero-order valence-electron chi connectivity index (χ0n) is 14.9. The van der Waals surface area contributed by atoms with E-state index in [0.29, 0.717) is 0 Å². The molecule has 0 spiro atoms. The van der Waals surface area contributed by atoms with E-state index in [2.05, 4.69) is 16.0 Å². The second kappa shape index (κ2) is 9.02. The quantitative estimate of drug-likeness (QED) is 0.733. The highest BCUT2D eigenvalue weighted by atomic mass is 16.2. The third-order valence-electron chi connectivity index (χ3n) is 3.38. The third-order valence-corrected chi connectivity index (χ3v) is 3.38. The molecule has 132 valence electrons. The molecule has 0 heterocycles. The van der Waals surface area contributed by atoms with Crippen molar-refractivity contribution in [3.63, 3.8) is 0 Å². The molecule has 3 N–H and O–H groups in total. The standard InChI is InChI=1S/C17H26N4O3/c1-11(2)18-17(24)20-16(23)10-21(5)9-15(22)19-14-8-6-7-12(3)13(14)4/h6-8,11H,9-10H2,1-5H3,(H,19,22)(H2,18,20,23,24). The molecular formula is C17H26N4O3. The predicted octanol–water partition coefficient (Wildman–Crippen LogP) is 1.41. The Morgan fingerprint density at radius 2 is 1.71 bits per heavy atom. The molecule has 0 aliphatic rings. The minimum absolute atomic E-state index is 0.0482. The average molecular weight is 334 g/mol.